The predicted octanol–water partition coefficient (Wildman–Crippen LogP) is 0.893. The Morgan fingerprint density at radius 1 is 1.67 bits per heavy atom. The maximum atomic E-state index is 11.8. The first-order valence-electron chi connectivity index (χ1n) is 5.39. The number of hydrogen-bond donors (Lipinski definition) is 0. The molecule has 0 aromatic rings. The van der Waals surface area contributed by atoms with Crippen molar-refractivity contribution in [2.24, 2.45) is 16.7 Å². The molecule has 4 nitrogen and oxygen atoms in total. The average Bonchev–Trinajstić information content (AvgIpc) is 2.48. The van der Waals surface area contributed by atoms with E-state index in [4.69, 9.17) is 4.74 Å². The largest absolute Gasteiger partial charge is 0.469 e. The van der Waals surface area contributed by atoms with Crippen LogP contribution in [0, 0.1) is 16.7 Å². The molecular formula is C11H14O4. The van der Waals surface area contributed by atoms with Gasteiger partial charge in [-0.05, 0) is 25.2 Å². The Bertz CT molecular complexity index is 350. The van der Waals surface area contributed by atoms with Crippen LogP contribution in [0.1, 0.15) is 25.7 Å². The van der Waals surface area contributed by atoms with E-state index in [-0.39, 0.29) is 23.8 Å². The number of hydrogen-bond acceptors (Lipinski definition) is 4. The minimum Gasteiger partial charge on any atom is -0.469 e. The summed E-state index contributed by atoms with van der Waals surface area (Å²) >= 11 is 0. The normalized spacial score (nSPS) is 45.7. The molecule has 0 aromatic carbocycles. The maximum Gasteiger partial charge on any atom is 0.313 e. The van der Waals surface area contributed by atoms with Crippen molar-refractivity contribution in [3.63, 3.8) is 0 Å². The zero-order valence-corrected chi connectivity index (χ0v) is 8.75. The second-order valence-electron chi connectivity index (χ2n) is 5.01. The highest BCUT2D eigenvalue weighted by molar-refractivity contribution is 5.88. The fraction of sp³-hybridized carbons (Fsp3) is 0.818. The monoisotopic (exact) mass is 210 g/mol. The Kier molecular flexibility index (Phi) is 1.56. The second-order valence-corrected chi connectivity index (χ2v) is 5.01. The van der Waals surface area contributed by atoms with Crippen molar-refractivity contribution in [3.8, 4) is 0 Å². The molecular weight excluding hydrogens is 196 g/mol. The van der Waals surface area contributed by atoms with E-state index in [1.54, 1.807) is 0 Å². The van der Waals surface area contributed by atoms with Gasteiger partial charge in [0.05, 0.1) is 25.6 Å². The lowest BCUT2D eigenvalue weighted by Crippen LogP contribution is -2.65. The van der Waals surface area contributed by atoms with Crippen molar-refractivity contribution in [2.75, 3.05) is 13.7 Å². The van der Waals surface area contributed by atoms with Gasteiger partial charge in [0.15, 0.2) is 0 Å². The maximum absolute atomic E-state index is 11.8. The number of esters is 2. The van der Waals surface area contributed by atoms with Crippen LogP contribution in [-0.2, 0) is 19.1 Å². The summed E-state index contributed by atoms with van der Waals surface area (Å²) in [5.41, 5.74) is -0.527. The number of carbonyl (C=O) groups is 2. The van der Waals surface area contributed by atoms with Gasteiger partial charge >= 0.3 is 11.9 Å². The van der Waals surface area contributed by atoms with Crippen molar-refractivity contribution in [1.29, 1.82) is 0 Å². The zero-order valence-electron chi connectivity index (χ0n) is 8.75. The highest BCUT2D eigenvalue weighted by atomic mass is 16.5. The summed E-state index contributed by atoms with van der Waals surface area (Å²) in [5, 5.41) is 0. The SMILES string of the molecule is COC(=O)C[C@@]12CC3CC[C@]31COC2=O. The molecule has 4 heteroatoms. The minimum atomic E-state index is -0.525. The highest BCUT2D eigenvalue weighted by Gasteiger charge is 2.77. The molecule has 1 aliphatic heterocycles. The van der Waals surface area contributed by atoms with Crippen LogP contribution in [0.25, 0.3) is 0 Å². The molecule has 0 bridgehead atoms. The topological polar surface area (TPSA) is 52.6 Å². The first kappa shape index (κ1) is 9.19. The number of carbonyl (C=O) groups excluding carboxylic acids is 2. The van der Waals surface area contributed by atoms with E-state index in [0.717, 1.165) is 12.8 Å². The molecule has 0 radical (unpaired) electrons. The van der Waals surface area contributed by atoms with Gasteiger partial charge in [-0.25, -0.2) is 0 Å². The number of ether oxygens (including phenoxy) is 2. The Hall–Kier alpha value is -1.06. The van der Waals surface area contributed by atoms with Crippen LogP contribution in [0.4, 0.5) is 0 Å². The van der Waals surface area contributed by atoms with Crippen LogP contribution < -0.4 is 0 Å². The fourth-order valence-corrected chi connectivity index (χ4v) is 3.70. The van der Waals surface area contributed by atoms with Gasteiger partial charge in [-0.2, -0.15) is 0 Å². The van der Waals surface area contributed by atoms with Gasteiger partial charge in [-0.3, -0.25) is 9.59 Å². The number of rotatable bonds is 2. The molecule has 2 aliphatic carbocycles. The standard InChI is InChI=1S/C11H14O4/c1-14-8(12)5-11-4-7-2-3-10(7,11)6-15-9(11)13/h7H,2-6H2,1H3/t7?,10-,11+/m0/s1. The summed E-state index contributed by atoms with van der Waals surface area (Å²) < 4.78 is 9.83. The van der Waals surface area contributed by atoms with Crippen molar-refractivity contribution in [1.82, 2.24) is 0 Å². The molecule has 1 spiro atoms. The number of methoxy groups -OCH3 is 1. The van der Waals surface area contributed by atoms with Crippen molar-refractivity contribution in [3.05, 3.63) is 0 Å². The molecule has 0 aromatic heterocycles. The van der Waals surface area contributed by atoms with E-state index in [1.165, 1.54) is 13.5 Å². The van der Waals surface area contributed by atoms with Crippen molar-refractivity contribution in [2.45, 2.75) is 25.7 Å². The van der Waals surface area contributed by atoms with Gasteiger partial charge < -0.3 is 9.47 Å². The average molecular weight is 210 g/mol. The molecule has 0 amide bonds. The second kappa shape index (κ2) is 2.54. The van der Waals surface area contributed by atoms with E-state index >= 15 is 0 Å². The van der Waals surface area contributed by atoms with Gasteiger partial charge in [-0.15, -0.1) is 0 Å². The molecule has 82 valence electrons. The Balaban J connectivity index is 1.89. The van der Waals surface area contributed by atoms with Crippen LogP contribution in [0.15, 0.2) is 0 Å². The van der Waals surface area contributed by atoms with E-state index in [9.17, 15) is 9.59 Å². The van der Waals surface area contributed by atoms with Gasteiger partial charge in [0.1, 0.15) is 0 Å². The summed E-state index contributed by atoms with van der Waals surface area (Å²) in [5.74, 6) is 0.135. The van der Waals surface area contributed by atoms with E-state index in [1.807, 2.05) is 0 Å². The van der Waals surface area contributed by atoms with E-state index in [2.05, 4.69) is 4.74 Å². The lowest BCUT2D eigenvalue weighted by molar-refractivity contribution is -0.199. The molecule has 1 saturated heterocycles. The molecule has 1 unspecified atom stereocenters. The Morgan fingerprint density at radius 2 is 2.47 bits per heavy atom. The van der Waals surface area contributed by atoms with Gasteiger partial charge in [0, 0.05) is 5.41 Å². The summed E-state index contributed by atoms with van der Waals surface area (Å²) in [6.07, 6.45) is 3.24. The molecule has 15 heavy (non-hydrogen) atoms. The van der Waals surface area contributed by atoms with Crippen LogP contribution >= 0.6 is 0 Å². The minimum absolute atomic E-state index is 0.00171. The van der Waals surface area contributed by atoms with Crippen molar-refractivity contribution < 1.29 is 19.1 Å². The summed E-state index contributed by atoms with van der Waals surface area (Å²) in [7, 11) is 1.36. The van der Waals surface area contributed by atoms with Crippen molar-refractivity contribution >= 4 is 11.9 Å². The summed E-state index contributed by atoms with van der Waals surface area (Å²) in [6.45, 7) is 0.521. The zero-order chi connectivity index (χ0) is 10.7. The Labute approximate surface area is 87.9 Å². The lowest BCUT2D eigenvalue weighted by Gasteiger charge is -2.64. The third-order valence-electron chi connectivity index (χ3n) is 4.79. The van der Waals surface area contributed by atoms with E-state index < -0.39 is 5.41 Å². The van der Waals surface area contributed by atoms with E-state index in [0.29, 0.717) is 12.5 Å². The molecule has 3 aliphatic rings. The van der Waals surface area contributed by atoms with Crippen LogP contribution in [0.2, 0.25) is 0 Å². The molecule has 3 rings (SSSR count). The molecule has 0 N–H and O–H groups in total. The smallest absolute Gasteiger partial charge is 0.313 e. The van der Waals surface area contributed by atoms with Crippen LogP contribution in [0.3, 0.4) is 0 Å². The first-order valence-corrected chi connectivity index (χ1v) is 5.39. The quantitative estimate of drug-likeness (QED) is 0.635. The summed E-state index contributed by atoms with van der Waals surface area (Å²) in [6, 6.07) is 0. The molecule has 1 heterocycles. The van der Waals surface area contributed by atoms with Crippen LogP contribution in [0.5, 0.6) is 0 Å². The third-order valence-corrected chi connectivity index (χ3v) is 4.79. The molecule has 3 atom stereocenters. The Morgan fingerprint density at radius 3 is 3.00 bits per heavy atom. The van der Waals surface area contributed by atoms with Gasteiger partial charge in [-0.1, -0.05) is 0 Å². The van der Waals surface area contributed by atoms with Gasteiger partial charge in [0.2, 0.25) is 0 Å². The molecule has 3 fully saturated rings. The lowest BCUT2D eigenvalue weighted by atomic mass is 9.35. The fourth-order valence-electron chi connectivity index (χ4n) is 3.70. The number of cyclic esters (lactones) is 1. The summed E-state index contributed by atoms with van der Waals surface area (Å²) in [4.78, 5) is 23.1. The third kappa shape index (κ3) is 0.802. The van der Waals surface area contributed by atoms with Crippen LogP contribution in [-0.4, -0.2) is 25.7 Å². The predicted molar refractivity (Wildman–Crippen MR) is 49.8 cm³/mol. The highest BCUT2D eigenvalue weighted by Crippen LogP contribution is 2.75. The molecule has 2 saturated carbocycles. The van der Waals surface area contributed by atoms with Gasteiger partial charge in [0.25, 0.3) is 0 Å². The first-order chi connectivity index (χ1) is 7.14.